The molecule has 0 unspecified atom stereocenters. The summed E-state index contributed by atoms with van der Waals surface area (Å²) in [6.45, 7) is 1.59. The van der Waals surface area contributed by atoms with Crippen molar-refractivity contribution in [2.75, 3.05) is 11.3 Å². The van der Waals surface area contributed by atoms with Crippen molar-refractivity contribution in [3.05, 3.63) is 29.4 Å². The summed E-state index contributed by atoms with van der Waals surface area (Å²) in [5.74, 6) is -0.188. The maximum atomic E-state index is 11.7. The molecule has 21 heavy (non-hydrogen) atoms. The number of anilines is 1. The standard InChI is InChI=1S/C11H11ClN4O4S/c1-2-20-11(17)16-21(18,19)15-10-9(12)13-7-5-3-4-6-8(7)14-10/h3-6H,2H2,1H3,(H,14,15)(H,16,17). The van der Waals surface area contributed by atoms with Gasteiger partial charge in [-0.2, -0.15) is 8.42 Å². The molecule has 1 amide bonds. The number of nitrogens with zero attached hydrogens (tertiary/aromatic N) is 2. The summed E-state index contributed by atoms with van der Waals surface area (Å²) >= 11 is 5.86. The molecule has 0 bridgehead atoms. The van der Waals surface area contributed by atoms with Crippen LogP contribution in [0.15, 0.2) is 24.3 Å². The zero-order valence-corrected chi connectivity index (χ0v) is 12.4. The molecule has 8 nitrogen and oxygen atoms in total. The minimum atomic E-state index is -4.21. The van der Waals surface area contributed by atoms with Crippen LogP contribution in [0.5, 0.6) is 0 Å². The van der Waals surface area contributed by atoms with Crippen molar-refractivity contribution in [2.24, 2.45) is 0 Å². The van der Waals surface area contributed by atoms with E-state index < -0.39 is 16.3 Å². The minimum absolute atomic E-state index is 0.0396. The van der Waals surface area contributed by atoms with Crippen molar-refractivity contribution in [2.45, 2.75) is 6.92 Å². The summed E-state index contributed by atoms with van der Waals surface area (Å²) in [6.07, 6.45) is -1.10. The molecule has 112 valence electrons. The summed E-state index contributed by atoms with van der Waals surface area (Å²) in [6, 6.07) is 6.80. The van der Waals surface area contributed by atoms with Gasteiger partial charge in [0.2, 0.25) is 0 Å². The van der Waals surface area contributed by atoms with Crippen molar-refractivity contribution in [1.29, 1.82) is 0 Å². The van der Waals surface area contributed by atoms with E-state index in [0.717, 1.165) is 0 Å². The second kappa shape index (κ2) is 6.10. The zero-order valence-electron chi connectivity index (χ0n) is 10.8. The lowest BCUT2D eigenvalue weighted by atomic mass is 10.3. The lowest BCUT2D eigenvalue weighted by molar-refractivity contribution is 0.159. The summed E-state index contributed by atoms with van der Waals surface area (Å²) < 4.78 is 31.6. The molecule has 0 atom stereocenters. The lowest BCUT2D eigenvalue weighted by Crippen LogP contribution is -2.36. The largest absolute Gasteiger partial charge is 0.449 e. The minimum Gasteiger partial charge on any atom is -0.449 e. The molecule has 0 aliphatic heterocycles. The van der Waals surface area contributed by atoms with Gasteiger partial charge in [-0.3, -0.25) is 0 Å². The van der Waals surface area contributed by atoms with Crippen LogP contribution < -0.4 is 9.44 Å². The van der Waals surface area contributed by atoms with Gasteiger partial charge in [0.25, 0.3) is 0 Å². The van der Waals surface area contributed by atoms with Crippen LogP contribution in [0.3, 0.4) is 0 Å². The molecule has 10 heteroatoms. The Morgan fingerprint density at radius 1 is 1.29 bits per heavy atom. The fourth-order valence-corrected chi connectivity index (χ4v) is 2.43. The molecule has 0 spiro atoms. The second-order valence-electron chi connectivity index (χ2n) is 3.78. The average Bonchev–Trinajstić information content (AvgIpc) is 2.38. The monoisotopic (exact) mass is 330 g/mol. The third kappa shape index (κ3) is 3.92. The van der Waals surface area contributed by atoms with Crippen LogP contribution in [0.4, 0.5) is 10.6 Å². The van der Waals surface area contributed by atoms with Crippen molar-refractivity contribution < 1.29 is 17.9 Å². The van der Waals surface area contributed by atoms with Crippen molar-refractivity contribution >= 4 is 44.8 Å². The average molecular weight is 331 g/mol. The number of halogens is 1. The van der Waals surface area contributed by atoms with Crippen LogP contribution in [-0.4, -0.2) is 31.1 Å². The van der Waals surface area contributed by atoms with Crippen LogP contribution in [0.25, 0.3) is 11.0 Å². The molecule has 1 heterocycles. The quantitative estimate of drug-likeness (QED) is 0.882. The summed E-state index contributed by atoms with van der Waals surface area (Å²) in [5, 5.41) is -0.136. The first-order chi connectivity index (χ1) is 9.91. The predicted octanol–water partition coefficient (Wildman–Crippen LogP) is 1.69. The molecule has 0 saturated carbocycles. The van der Waals surface area contributed by atoms with Gasteiger partial charge in [0.05, 0.1) is 17.6 Å². The molecule has 1 aromatic heterocycles. The third-order valence-corrected chi connectivity index (χ3v) is 3.41. The maximum absolute atomic E-state index is 11.7. The first kappa shape index (κ1) is 15.3. The number of amides is 1. The van der Waals surface area contributed by atoms with Gasteiger partial charge in [0, 0.05) is 0 Å². The van der Waals surface area contributed by atoms with Gasteiger partial charge in [-0.25, -0.2) is 24.2 Å². The van der Waals surface area contributed by atoms with E-state index in [2.05, 4.69) is 14.7 Å². The molecule has 0 fully saturated rings. The number of ether oxygens (including phenoxy) is 1. The van der Waals surface area contributed by atoms with E-state index in [1.165, 1.54) is 0 Å². The van der Waals surface area contributed by atoms with E-state index >= 15 is 0 Å². The van der Waals surface area contributed by atoms with Crippen molar-refractivity contribution in [1.82, 2.24) is 14.7 Å². The highest BCUT2D eigenvalue weighted by molar-refractivity contribution is 7.91. The highest BCUT2D eigenvalue weighted by Crippen LogP contribution is 2.21. The Hall–Kier alpha value is -2.13. The van der Waals surface area contributed by atoms with Gasteiger partial charge in [0.1, 0.15) is 0 Å². The third-order valence-electron chi connectivity index (χ3n) is 2.25. The van der Waals surface area contributed by atoms with E-state index in [4.69, 9.17) is 11.6 Å². The molecule has 1 aromatic carbocycles. The molecular formula is C11H11ClN4O4S. The second-order valence-corrected chi connectivity index (χ2v) is 5.55. The van der Waals surface area contributed by atoms with Gasteiger partial charge in [-0.15, -0.1) is 0 Å². The van der Waals surface area contributed by atoms with E-state index in [0.29, 0.717) is 11.0 Å². The number of benzene rings is 1. The zero-order chi connectivity index (χ0) is 15.5. The van der Waals surface area contributed by atoms with Crippen LogP contribution in [0.2, 0.25) is 5.15 Å². The Morgan fingerprint density at radius 2 is 1.90 bits per heavy atom. The Morgan fingerprint density at radius 3 is 2.52 bits per heavy atom. The number of para-hydroxylation sites is 2. The smallest absolute Gasteiger partial charge is 0.422 e. The maximum Gasteiger partial charge on any atom is 0.422 e. The highest BCUT2D eigenvalue weighted by atomic mass is 35.5. The Labute approximate surface area is 125 Å². The first-order valence-electron chi connectivity index (χ1n) is 5.81. The molecular weight excluding hydrogens is 320 g/mol. The Kier molecular flexibility index (Phi) is 4.43. The number of hydrogen-bond acceptors (Lipinski definition) is 6. The van der Waals surface area contributed by atoms with Gasteiger partial charge < -0.3 is 4.74 Å². The van der Waals surface area contributed by atoms with Crippen LogP contribution in [0, 0.1) is 0 Å². The van der Waals surface area contributed by atoms with Crippen LogP contribution in [-0.2, 0) is 14.9 Å². The molecule has 0 aliphatic rings. The van der Waals surface area contributed by atoms with Gasteiger partial charge in [-0.05, 0) is 19.1 Å². The topological polar surface area (TPSA) is 110 Å². The number of nitrogens with one attached hydrogen (secondary N) is 2. The van der Waals surface area contributed by atoms with Crippen molar-refractivity contribution in [3.8, 4) is 0 Å². The Bertz CT molecular complexity index is 781. The highest BCUT2D eigenvalue weighted by Gasteiger charge is 2.18. The Balaban J connectivity index is 2.26. The summed E-state index contributed by atoms with van der Waals surface area (Å²) in [7, 11) is -4.21. The number of carbonyl (C=O) groups excluding carboxylic acids is 1. The van der Waals surface area contributed by atoms with Gasteiger partial charge in [0.15, 0.2) is 11.0 Å². The fourth-order valence-electron chi connectivity index (χ4n) is 1.47. The fraction of sp³-hybridized carbons (Fsp3) is 0.182. The van der Waals surface area contributed by atoms with Gasteiger partial charge >= 0.3 is 16.3 Å². The number of hydrogen-bond donors (Lipinski definition) is 2. The number of rotatable bonds is 4. The lowest BCUT2D eigenvalue weighted by Gasteiger charge is -2.10. The van der Waals surface area contributed by atoms with Crippen molar-refractivity contribution in [3.63, 3.8) is 0 Å². The summed E-state index contributed by atoms with van der Waals surface area (Å²) in [4.78, 5) is 19.2. The van der Waals surface area contributed by atoms with E-state index in [1.807, 2.05) is 4.72 Å². The molecule has 2 aromatic rings. The van der Waals surface area contributed by atoms with Crippen LogP contribution in [0.1, 0.15) is 6.92 Å². The predicted molar refractivity (Wildman–Crippen MR) is 77.2 cm³/mol. The normalized spacial score (nSPS) is 11.1. The molecule has 0 aliphatic carbocycles. The number of aromatic nitrogens is 2. The molecule has 2 N–H and O–H groups in total. The van der Waals surface area contributed by atoms with E-state index in [-0.39, 0.29) is 17.6 Å². The first-order valence-corrected chi connectivity index (χ1v) is 7.67. The molecule has 0 radical (unpaired) electrons. The SMILES string of the molecule is CCOC(=O)NS(=O)(=O)Nc1nc2ccccc2nc1Cl. The van der Waals surface area contributed by atoms with Crippen LogP contribution >= 0.6 is 11.6 Å². The molecule has 2 rings (SSSR count). The molecule has 0 saturated heterocycles. The van der Waals surface area contributed by atoms with Gasteiger partial charge in [-0.1, -0.05) is 23.7 Å². The number of fused-ring (bicyclic) bond motifs is 1. The summed E-state index contributed by atoms with van der Waals surface area (Å²) in [5.41, 5.74) is 0.972. The van der Waals surface area contributed by atoms with E-state index in [1.54, 1.807) is 35.9 Å². The van der Waals surface area contributed by atoms with E-state index in [9.17, 15) is 13.2 Å². The number of carbonyl (C=O) groups is 1.